The van der Waals surface area contributed by atoms with Crippen LogP contribution in [0.3, 0.4) is 0 Å². The molecule has 0 saturated carbocycles. The van der Waals surface area contributed by atoms with Gasteiger partial charge in [0, 0.05) is 6.42 Å². The Morgan fingerprint density at radius 2 is 1.58 bits per heavy atom. The second-order valence-corrected chi connectivity index (χ2v) is 7.63. The van der Waals surface area contributed by atoms with E-state index in [1.54, 1.807) is 21.3 Å². The van der Waals surface area contributed by atoms with Crippen molar-refractivity contribution in [2.75, 3.05) is 27.9 Å². The SMILES string of the molecule is COc1ccc(OCC(O)Cn2c(Cc3ccc(OC)c(OC)c3)nc3ccccc32)cc1. The number of para-hydroxylation sites is 2. The fourth-order valence-corrected chi connectivity index (χ4v) is 3.77. The molecule has 0 saturated heterocycles. The molecule has 0 radical (unpaired) electrons. The number of ether oxygens (including phenoxy) is 4. The van der Waals surface area contributed by atoms with Gasteiger partial charge in [0.05, 0.1) is 38.9 Å². The maximum atomic E-state index is 10.7. The summed E-state index contributed by atoms with van der Waals surface area (Å²) >= 11 is 0. The van der Waals surface area contributed by atoms with Crippen LogP contribution in [0.2, 0.25) is 0 Å². The fraction of sp³-hybridized carbons (Fsp3) is 0.269. The molecule has 33 heavy (non-hydrogen) atoms. The van der Waals surface area contributed by atoms with Gasteiger partial charge in [-0.15, -0.1) is 0 Å². The van der Waals surface area contributed by atoms with Gasteiger partial charge in [0.2, 0.25) is 0 Å². The highest BCUT2D eigenvalue weighted by molar-refractivity contribution is 5.76. The largest absolute Gasteiger partial charge is 0.497 e. The second-order valence-electron chi connectivity index (χ2n) is 7.63. The van der Waals surface area contributed by atoms with E-state index in [1.807, 2.05) is 71.3 Å². The van der Waals surface area contributed by atoms with Crippen molar-refractivity contribution < 1.29 is 24.1 Å². The van der Waals surface area contributed by atoms with Crippen LogP contribution < -0.4 is 18.9 Å². The molecular formula is C26H28N2O5. The Morgan fingerprint density at radius 3 is 2.30 bits per heavy atom. The molecule has 1 heterocycles. The molecule has 0 amide bonds. The zero-order valence-corrected chi connectivity index (χ0v) is 19.0. The zero-order valence-electron chi connectivity index (χ0n) is 19.0. The van der Waals surface area contributed by atoms with E-state index in [0.29, 0.717) is 30.2 Å². The van der Waals surface area contributed by atoms with Gasteiger partial charge in [-0.2, -0.15) is 0 Å². The molecular weight excluding hydrogens is 420 g/mol. The van der Waals surface area contributed by atoms with Crippen LogP contribution in [-0.2, 0) is 13.0 Å². The molecule has 0 bridgehead atoms. The van der Waals surface area contributed by atoms with E-state index < -0.39 is 6.10 Å². The lowest BCUT2D eigenvalue weighted by atomic mass is 10.1. The molecule has 7 heteroatoms. The highest BCUT2D eigenvalue weighted by Gasteiger charge is 2.16. The van der Waals surface area contributed by atoms with Crippen LogP contribution in [0.1, 0.15) is 11.4 Å². The normalized spacial score (nSPS) is 11.9. The molecule has 4 aromatic rings. The van der Waals surface area contributed by atoms with Gasteiger partial charge < -0.3 is 28.6 Å². The van der Waals surface area contributed by atoms with Crippen molar-refractivity contribution in [2.45, 2.75) is 19.1 Å². The minimum Gasteiger partial charge on any atom is -0.497 e. The van der Waals surface area contributed by atoms with Crippen molar-refractivity contribution in [3.63, 3.8) is 0 Å². The van der Waals surface area contributed by atoms with E-state index in [0.717, 1.165) is 28.2 Å². The van der Waals surface area contributed by atoms with E-state index >= 15 is 0 Å². The molecule has 1 N–H and O–H groups in total. The summed E-state index contributed by atoms with van der Waals surface area (Å²) in [5.41, 5.74) is 2.89. The first kappa shape index (κ1) is 22.5. The van der Waals surface area contributed by atoms with Crippen molar-refractivity contribution in [3.05, 3.63) is 78.1 Å². The molecule has 0 spiro atoms. The van der Waals surface area contributed by atoms with Gasteiger partial charge in [-0.3, -0.25) is 0 Å². The van der Waals surface area contributed by atoms with E-state index in [2.05, 4.69) is 0 Å². The first-order valence-corrected chi connectivity index (χ1v) is 10.7. The standard InChI is InChI=1S/C26H28N2O5/c1-30-20-9-11-21(12-10-20)33-17-19(29)16-28-23-7-5-4-6-22(23)27-26(28)15-18-8-13-24(31-2)25(14-18)32-3/h4-14,19,29H,15-17H2,1-3H3. The van der Waals surface area contributed by atoms with Crippen molar-refractivity contribution >= 4 is 11.0 Å². The van der Waals surface area contributed by atoms with Gasteiger partial charge in [-0.1, -0.05) is 18.2 Å². The highest BCUT2D eigenvalue weighted by Crippen LogP contribution is 2.29. The number of hydrogen-bond acceptors (Lipinski definition) is 6. The third-order valence-electron chi connectivity index (χ3n) is 5.44. The molecule has 3 aromatic carbocycles. The zero-order chi connectivity index (χ0) is 23.2. The molecule has 0 aliphatic carbocycles. The molecule has 172 valence electrons. The summed E-state index contributed by atoms with van der Waals surface area (Å²) in [5.74, 6) is 3.64. The Hall–Kier alpha value is -3.71. The van der Waals surface area contributed by atoms with Crippen LogP contribution in [0.4, 0.5) is 0 Å². The Morgan fingerprint density at radius 1 is 0.848 bits per heavy atom. The average Bonchev–Trinajstić information content (AvgIpc) is 3.19. The summed E-state index contributed by atoms with van der Waals surface area (Å²) in [6, 6.07) is 21.0. The fourth-order valence-electron chi connectivity index (χ4n) is 3.77. The number of aliphatic hydroxyl groups is 1. The number of benzene rings is 3. The highest BCUT2D eigenvalue weighted by atomic mass is 16.5. The Bertz CT molecular complexity index is 1200. The Kier molecular flexibility index (Phi) is 7.00. The van der Waals surface area contributed by atoms with Crippen LogP contribution >= 0.6 is 0 Å². The second kappa shape index (κ2) is 10.3. The summed E-state index contributed by atoms with van der Waals surface area (Å²) in [6.45, 7) is 0.522. The van der Waals surface area contributed by atoms with Crippen molar-refractivity contribution in [1.82, 2.24) is 9.55 Å². The van der Waals surface area contributed by atoms with E-state index in [4.69, 9.17) is 23.9 Å². The summed E-state index contributed by atoms with van der Waals surface area (Å²) in [7, 11) is 4.86. The molecule has 0 fully saturated rings. The average molecular weight is 449 g/mol. The molecule has 0 aliphatic rings. The van der Waals surface area contributed by atoms with Gasteiger partial charge in [0.1, 0.15) is 30.0 Å². The lowest BCUT2D eigenvalue weighted by Crippen LogP contribution is -2.24. The summed E-state index contributed by atoms with van der Waals surface area (Å²) < 4.78 is 23.8. The van der Waals surface area contributed by atoms with Crippen LogP contribution in [0.25, 0.3) is 11.0 Å². The van der Waals surface area contributed by atoms with Crippen LogP contribution in [0.15, 0.2) is 66.7 Å². The maximum Gasteiger partial charge on any atom is 0.161 e. The minimum absolute atomic E-state index is 0.161. The third kappa shape index (κ3) is 5.21. The van der Waals surface area contributed by atoms with Crippen molar-refractivity contribution in [3.8, 4) is 23.0 Å². The van der Waals surface area contributed by atoms with E-state index in [9.17, 15) is 5.11 Å². The third-order valence-corrected chi connectivity index (χ3v) is 5.44. The summed E-state index contributed by atoms with van der Waals surface area (Å²) in [6.07, 6.45) is -0.130. The molecule has 7 nitrogen and oxygen atoms in total. The van der Waals surface area contributed by atoms with E-state index in [1.165, 1.54) is 0 Å². The number of fused-ring (bicyclic) bond motifs is 1. The number of rotatable bonds is 10. The van der Waals surface area contributed by atoms with E-state index in [-0.39, 0.29) is 6.61 Å². The number of hydrogen-bond donors (Lipinski definition) is 1. The van der Waals surface area contributed by atoms with Gasteiger partial charge in [0.25, 0.3) is 0 Å². The lowest BCUT2D eigenvalue weighted by Gasteiger charge is -2.16. The van der Waals surface area contributed by atoms with Crippen molar-refractivity contribution in [1.29, 1.82) is 0 Å². The predicted molar refractivity (Wildman–Crippen MR) is 127 cm³/mol. The topological polar surface area (TPSA) is 75.0 Å². The van der Waals surface area contributed by atoms with Crippen LogP contribution in [-0.4, -0.2) is 48.7 Å². The van der Waals surface area contributed by atoms with Gasteiger partial charge in [-0.05, 0) is 54.1 Å². The Balaban J connectivity index is 1.53. The predicted octanol–water partition coefficient (Wildman–Crippen LogP) is 4.09. The number of aliphatic hydroxyl groups excluding tert-OH is 1. The molecule has 4 rings (SSSR count). The Labute approximate surface area is 193 Å². The van der Waals surface area contributed by atoms with Gasteiger partial charge >= 0.3 is 0 Å². The summed E-state index contributed by atoms with van der Waals surface area (Å²) in [4.78, 5) is 4.82. The molecule has 1 unspecified atom stereocenters. The van der Waals surface area contributed by atoms with Crippen LogP contribution in [0.5, 0.6) is 23.0 Å². The summed E-state index contributed by atoms with van der Waals surface area (Å²) in [5, 5.41) is 10.7. The first-order valence-electron chi connectivity index (χ1n) is 10.7. The number of nitrogens with zero attached hydrogens (tertiary/aromatic N) is 2. The first-order chi connectivity index (χ1) is 16.1. The lowest BCUT2D eigenvalue weighted by molar-refractivity contribution is 0.0928. The molecule has 0 aliphatic heterocycles. The number of methoxy groups -OCH3 is 3. The van der Waals surface area contributed by atoms with Crippen LogP contribution in [0, 0.1) is 0 Å². The van der Waals surface area contributed by atoms with Gasteiger partial charge in [0.15, 0.2) is 11.5 Å². The number of imidazole rings is 1. The number of aromatic nitrogens is 2. The quantitative estimate of drug-likeness (QED) is 0.394. The molecule has 1 aromatic heterocycles. The smallest absolute Gasteiger partial charge is 0.161 e. The maximum absolute atomic E-state index is 10.7. The minimum atomic E-state index is -0.714. The monoisotopic (exact) mass is 448 g/mol. The van der Waals surface area contributed by atoms with Gasteiger partial charge in [-0.25, -0.2) is 4.98 Å². The molecule has 1 atom stereocenters. The van der Waals surface area contributed by atoms with Crippen molar-refractivity contribution in [2.24, 2.45) is 0 Å².